The van der Waals surface area contributed by atoms with Gasteiger partial charge in [0, 0.05) is 10.0 Å². The Labute approximate surface area is 100.0 Å². The number of rotatable bonds is 2. The fraction of sp³-hybridized carbons (Fsp3) is 0. The summed E-state index contributed by atoms with van der Waals surface area (Å²) in [5.74, 6) is 0. The summed E-state index contributed by atoms with van der Waals surface area (Å²) in [5, 5.41) is 11.8. The fourth-order valence-electron chi connectivity index (χ4n) is 0.894. The van der Waals surface area contributed by atoms with E-state index in [2.05, 4.69) is 21.1 Å². The molecule has 0 saturated heterocycles. The molecule has 0 amide bonds. The highest BCUT2D eigenvalue weighted by atomic mass is 79.9. The largest absolute Gasteiger partial charge is 0.410 e. The molecule has 0 aliphatic heterocycles. The van der Waals surface area contributed by atoms with Crippen molar-refractivity contribution in [3.05, 3.63) is 44.9 Å². The van der Waals surface area contributed by atoms with E-state index in [1.807, 2.05) is 12.1 Å². The van der Waals surface area contributed by atoms with E-state index < -0.39 is 0 Å². The molecule has 0 bridgehead atoms. The molecule has 1 N–H and O–H groups in total. The van der Waals surface area contributed by atoms with Gasteiger partial charge < -0.3 is 5.21 Å². The third-order valence-electron chi connectivity index (χ3n) is 1.49. The molecule has 0 aliphatic carbocycles. The zero-order valence-electron chi connectivity index (χ0n) is 6.92. The first kappa shape index (κ1) is 11.6. The second-order valence-corrected chi connectivity index (χ2v) is 4.35. The van der Waals surface area contributed by atoms with Gasteiger partial charge in [-0.3, -0.25) is 0 Å². The molecule has 0 aliphatic rings. The molecule has 1 aromatic rings. The van der Waals surface area contributed by atoms with E-state index in [9.17, 15) is 0 Å². The minimum absolute atomic E-state index is 0.0423. The molecular formula is C9H6BrCl2NO. The average Bonchev–Trinajstić information content (AvgIpc) is 2.15. The van der Waals surface area contributed by atoms with E-state index in [0.29, 0.717) is 5.71 Å². The summed E-state index contributed by atoms with van der Waals surface area (Å²) in [4.78, 5) is 0. The zero-order chi connectivity index (χ0) is 10.6. The van der Waals surface area contributed by atoms with Crippen molar-refractivity contribution >= 4 is 44.8 Å². The molecule has 0 radical (unpaired) electrons. The van der Waals surface area contributed by atoms with Gasteiger partial charge >= 0.3 is 0 Å². The fourth-order valence-corrected chi connectivity index (χ4v) is 1.36. The Morgan fingerprint density at radius 2 is 1.86 bits per heavy atom. The Bertz CT molecular complexity index is 369. The van der Waals surface area contributed by atoms with Gasteiger partial charge in [-0.25, -0.2) is 0 Å². The standard InChI is InChI=1S/C9H6BrCl2NO/c10-7-3-1-6(2-4-7)8(13-14)5-9(11)12/h1-5,14H. The van der Waals surface area contributed by atoms with Crippen LogP contribution in [0.2, 0.25) is 0 Å². The van der Waals surface area contributed by atoms with Gasteiger partial charge in [0.1, 0.15) is 10.2 Å². The monoisotopic (exact) mass is 293 g/mol. The number of hydrogen-bond donors (Lipinski definition) is 1. The molecule has 0 atom stereocenters. The van der Waals surface area contributed by atoms with Gasteiger partial charge in [0.25, 0.3) is 0 Å². The molecule has 0 spiro atoms. The maximum absolute atomic E-state index is 8.71. The number of oxime groups is 1. The van der Waals surface area contributed by atoms with E-state index in [0.717, 1.165) is 10.0 Å². The second-order valence-electron chi connectivity index (χ2n) is 2.43. The minimum Gasteiger partial charge on any atom is -0.410 e. The van der Waals surface area contributed by atoms with Gasteiger partial charge in [0.15, 0.2) is 0 Å². The lowest BCUT2D eigenvalue weighted by atomic mass is 10.1. The lowest BCUT2D eigenvalue weighted by Gasteiger charge is -1.99. The topological polar surface area (TPSA) is 32.6 Å². The van der Waals surface area contributed by atoms with Gasteiger partial charge in [-0.1, -0.05) is 56.4 Å². The number of hydrogen-bond acceptors (Lipinski definition) is 2. The first-order chi connectivity index (χ1) is 6.63. The summed E-state index contributed by atoms with van der Waals surface area (Å²) in [6.07, 6.45) is 1.37. The van der Waals surface area contributed by atoms with Crippen molar-refractivity contribution in [1.29, 1.82) is 0 Å². The number of allylic oxidation sites excluding steroid dienone is 1. The minimum atomic E-state index is 0.0423. The third-order valence-corrected chi connectivity index (χ3v) is 2.24. The molecule has 2 nitrogen and oxygen atoms in total. The average molecular weight is 295 g/mol. The highest BCUT2D eigenvalue weighted by molar-refractivity contribution is 9.10. The lowest BCUT2D eigenvalue weighted by molar-refractivity contribution is 0.320. The first-order valence-corrected chi connectivity index (χ1v) is 5.19. The van der Waals surface area contributed by atoms with Crippen LogP contribution in [0.3, 0.4) is 0 Å². The maximum Gasteiger partial charge on any atom is 0.112 e. The molecule has 0 aromatic heterocycles. The maximum atomic E-state index is 8.71. The van der Waals surface area contributed by atoms with Crippen LogP contribution in [0.5, 0.6) is 0 Å². The van der Waals surface area contributed by atoms with Crippen molar-refractivity contribution in [2.24, 2.45) is 5.16 Å². The van der Waals surface area contributed by atoms with Crippen LogP contribution in [-0.4, -0.2) is 10.9 Å². The van der Waals surface area contributed by atoms with Crippen LogP contribution < -0.4 is 0 Å². The Hall–Kier alpha value is -0.510. The molecular weight excluding hydrogens is 289 g/mol. The summed E-state index contributed by atoms with van der Waals surface area (Å²) >= 11 is 14.2. The smallest absolute Gasteiger partial charge is 0.112 e. The van der Waals surface area contributed by atoms with Crippen molar-refractivity contribution in [2.75, 3.05) is 0 Å². The van der Waals surface area contributed by atoms with Crippen LogP contribution in [0.1, 0.15) is 5.56 Å². The van der Waals surface area contributed by atoms with Crippen LogP contribution in [0.25, 0.3) is 0 Å². The predicted octanol–water partition coefficient (Wildman–Crippen LogP) is 3.95. The molecule has 1 rings (SSSR count). The van der Waals surface area contributed by atoms with Crippen molar-refractivity contribution in [2.45, 2.75) is 0 Å². The van der Waals surface area contributed by atoms with Crippen molar-refractivity contribution in [1.82, 2.24) is 0 Å². The number of halogens is 3. The summed E-state index contributed by atoms with van der Waals surface area (Å²) in [5.41, 5.74) is 1.05. The van der Waals surface area contributed by atoms with Crippen LogP contribution in [-0.2, 0) is 0 Å². The van der Waals surface area contributed by atoms with Crippen molar-refractivity contribution in [3.8, 4) is 0 Å². The van der Waals surface area contributed by atoms with Crippen molar-refractivity contribution < 1.29 is 5.21 Å². The van der Waals surface area contributed by atoms with Crippen LogP contribution in [0.4, 0.5) is 0 Å². The molecule has 1 aromatic carbocycles. The van der Waals surface area contributed by atoms with E-state index in [-0.39, 0.29) is 4.49 Å². The Balaban J connectivity index is 3.03. The van der Waals surface area contributed by atoms with E-state index >= 15 is 0 Å². The second kappa shape index (κ2) is 5.39. The molecule has 74 valence electrons. The zero-order valence-corrected chi connectivity index (χ0v) is 10.0. The quantitative estimate of drug-likeness (QED) is 0.500. The molecule has 0 saturated carbocycles. The normalized spacial score (nSPS) is 11.2. The van der Waals surface area contributed by atoms with Gasteiger partial charge in [0.05, 0.1) is 0 Å². The van der Waals surface area contributed by atoms with Gasteiger partial charge in [0.2, 0.25) is 0 Å². The van der Waals surface area contributed by atoms with Crippen molar-refractivity contribution in [3.63, 3.8) is 0 Å². The molecule has 0 unspecified atom stereocenters. The SMILES string of the molecule is ON=C(C=C(Cl)Cl)c1ccc(Br)cc1. The Morgan fingerprint density at radius 1 is 1.29 bits per heavy atom. The van der Waals surface area contributed by atoms with E-state index in [1.54, 1.807) is 12.1 Å². The molecule has 0 fully saturated rings. The third kappa shape index (κ3) is 3.33. The summed E-state index contributed by atoms with van der Waals surface area (Å²) in [6.45, 7) is 0. The Kier molecular flexibility index (Phi) is 4.45. The van der Waals surface area contributed by atoms with Crippen LogP contribution in [0, 0.1) is 0 Å². The van der Waals surface area contributed by atoms with Crippen LogP contribution in [0.15, 0.2) is 44.5 Å². The molecule has 14 heavy (non-hydrogen) atoms. The van der Waals surface area contributed by atoms with Gasteiger partial charge in [-0.2, -0.15) is 0 Å². The number of nitrogens with zero attached hydrogens (tertiary/aromatic N) is 1. The highest BCUT2D eigenvalue weighted by Crippen LogP contribution is 2.14. The summed E-state index contributed by atoms with van der Waals surface area (Å²) < 4.78 is 0.986. The van der Waals surface area contributed by atoms with Gasteiger partial charge in [-0.05, 0) is 18.2 Å². The number of benzene rings is 1. The Morgan fingerprint density at radius 3 is 2.29 bits per heavy atom. The van der Waals surface area contributed by atoms with E-state index in [1.165, 1.54) is 6.08 Å². The molecule has 5 heteroatoms. The van der Waals surface area contributed by atoms with E-state index in [4.69, 9.17) is 28.4 Å². The van der Waals surface area contributed by atoms with Gasteiger partial charge in [-0.15, -0.1) is 0 Å². The lowest BCUT2D eigenvalue weighted by Crippen LogP contribution is -1.96. The van der Waals surface area contributed by atoms with Crippen LogP contribution >= 0.6 is 39.1 Å². The first-order valence-electron chi connectivity index (χ1n) is 3.64. The summed E-state index contributed by atoms with van der Waals surface area (Å²) in [7, 11) is 0. The predicted molar refractivity (Wildman–Crippen MR) is 62.3 cm³/mol. The molecule has 0 heterocycles. The highest BCUT2D eigenvalue weighted by Gasteiger charge is 2.01. The summed E-state index contributed by atoms with van der Waals surface area (Å²) in [6, 6.07) is 7.23.